The topological polar surface area (TPSA) is 68.0 Å². The normalized spacial score (nSPS) is 10.6. The maximum absolute atomic E-state index is 11.9. The standard InChI is InChI=1S/C20H21N3O2/c1-15-10-12-16(13-11-15)14-21-18(24)8-5-9-19-22-23-20(25-19)17-6-3-2-4-7-17/h2-4,6-7,10-13H,5,8-9,14H2,1H3,(H,21,24). The first kappa shape index (κ1) is 16.9. The second-order valence-corrected chi connectivity index (χ2v) is 5.98. The first-order valence-electron chi connectivity index (χ1n) is 8.41. The molecule has 0 aliphatic rings. The van der Waals surface area contributed by atoms with Gasteiger partial charge < -0.3 is 9.73 Å². The Morgan fingerprint density at radius 2 is 1.80 bits per heavy atom. The lowest BCUT2D eigenvalue weighted by molar-refractivity contribution is -0.121. The van der Waals surface area contributed by atoms with Gasteiger partial charge >= 0.3 is 0 Å². The molecule has 1 heterocycles. The van der Waals surface area contributed by atoms with E-state index in [1.165, 1.54) is 5.56 Å². The van der Waals surface area contributed by atoms with Crippen LogP contribution in [0.15, 0.2) is 59.0 Å². The predicted octanol–water partition coefficient (Wildman–Crippen LogP) is 3.68. The number of nitrogens with one attached hydrogen (secondary N) is 1. The van der Waals surface area contributed by atoms with Crippen LogP contribution in [0.5, 0.6) is 0 Å². The minimum Gasteiger partial charge on any atom is -0.421 e. The van der Waals surface area contributed by atoms with Crippen LogP contribution in [-0.2, 0) is 17.8 Å². The Morgan fingerprint density at radius 3 is 2.56 bits per heavy atom. The maximum Gasteiger partial charge on any atom is 0.247 e. The SMILES string of the molecule is Cc1ccc(CNC(=O)CCCc2nnc(-c3ccccc3)o2)cc1. The summed E-state index contributed by atoms with van der Waals surface area (Å²) >= 11 is 0. The number of benzene rings is 2. The monoisotopic (exact) mass is 335 g/mol. The molecule has 0 aliphatic heterocycles. The van der Waals surface area contributed by atoms with E-state index in [0.717, 1.165) is 11.1 Å². The van der Waals surface area contributed by atoms with Gasteiger partial charge in [0, 0.05) is 24.9 Å². The second kappa shape index (κ2) is 8.24. The summed E-state index contributed by atoms with van der Waals surface area (Å²) in [5.74, 6) is 1.10. The summed E-state index contributed by atoms with van der Waals surface area (Å²) in [6, 6.07) is 17.8. The van der Waals surface area contributed by atoms with E-state index in [-0.39, 0.29) is 5.91 Å². The van der Waals surface area contributed by atoms with E-state index in [4.69, 9.17) is 4.42 Å². The van der Waals surface area contributed by atoms with Gasteiger partial charge in [0.25, 0.3) is 0 Å². The minimum atomic E-state index is 0.0309. The fraction of sp³-hybridized carbons (Fsp3) is 0.250. The van der Waals surface area contributed by atoms with E-state index in [1.54, 1.807) is 0 Å². The highest BCUT2D eigenvalue weighted by Gasteiger charge is 2.09. The number of aryl methyl sites for hydroxylation is 2. The summed E-state index contributed by atoms with van der Waals surface area (Å²) in [5, 5.41) is 11.0. The van der Waals surface area contributed by atoms with E-state index < -0.39 is 0 Å². The van der Waals surface area contributed by atoms with Gasteiger partial charge in [-0.2, -0.15) is 0 Å². The number of hydrogen-bond donors (Lipinski definition) is 1. The lowest BCUT2D eigenvalue weighted by atomic mass is 10.1. The molecular formula is C20H21N3O2. The molecule has 3 aromatic rings. The Bertz CT molecular complexity index is 810. The molecule has 0 saturated heterocycles. The zero-order chi connectivity index (χ0) is 17.5. The molecule has 0 unspecified atom stereocenters. The molecule has 0 aliphatic carbocycles. The van der Waals surface area contributed by atoms with Crippen molar-refractivity contribution in [2.24, 2.45) is 0 Å². The molecule has 25 heavy (non-hydrogen) atoms. The summed E-state index contributed by atoms with van der Waals surface area (Å²) < 4.78 is 5.64. The largest absolute Gasteiger partial charge is 0.421 e. The molecule has 5 nitrogen and oxygen atoms in total. The molecule has 5 heteroatoms. The molecule has 2 aromatic carbocycles. The summed E-state index contributed by atoms with van der Waals surface area (Å²) in [4.78, 5) is 11.9. The highest BCUT2D eigenvalue weighted by Crippen LogP contribution is 2.17. The molecule has 128 valence electrons. The second-order valence-electron chi connectivity index (χ2n) is 5.98. The van der Waals surface area contributed by atoms with E-state index in [2.05, 4.69) is 15.5 Å². The average Bonchev–Trinajstić information content (AvgIpc) is 3.11. The zero-order valence-corrected chi connectivity index (χ0v) is 14.2. The Kier molecular flexibility index (Phi) is 5.57. The summed E-state index contributed by atoms with van der Waals surface area (Å²) in [6.45, 7) is 2.60. The first-order chi connectivity index (χ1) is 12.2. The molecule has 0 radical (unpaired) electrons. The van der Waals surface area contributed by atoms with Crippen molar-refractivity contribution in [2.45, 2.75) is 32.7 Å². The summed E-state index contributed by atoms with van der Waals surface area (Å²) in [6.07, 6.45) is 1.71. The van der Waals surface area contributed by atoms with Crippen molar-refractivity contribution in [3.05, 3.63) is 71.6 Å². The summed E-state index contributed by atoms with van der Waals surface area (Å²) in [5.41, 5.74) is 3.21. The van der Waals surface area contributed by atoms with Crippen molar-refractivity contribution in [3.8, 4) is 11.5 Å². The van der Waals surface area contributed by atoms with Crippen molar-refractivity contribution < 1.29 is 9.21 Å². The van der Waals surface area contributed by atoms with Crippen LogP contribution in [0.2, 0.25) is 0 Å². The molecule has 0 spiro atoms. The number of carbonyl (C=O) groups is 1. The van der Waals surface area contributed by atoms with Gasteiger partial charge in [-0.3, -0.25) is 4.79 Å². The van der Waals surface area contributed by atoms with E-state index >= 15 is 0 Å². The first-order valence-corrected chi connectivity index (χ1v) is 8.41. The highest BCUT2D eigenvalue weighted by molar-refractivity contribution is 5.75. The third-order valence-electron chi connectivity index (χ3n) is 3.89. The van der Waals surface area contributed by atoms with Gasteiger partial charge in [0.1, 0.15) is 0 Å². The lowest BCUT2D eigenvalue weighted by Gasteiger charge is -2.05. The number of rotatable bonds is 7. The number of hydrogen-bond acceptors (Lipinski definition) is 4. The Balaban J connectivity index is 1.41. The van der Waals surface area contributed by atoms with Gasteiger partial charge in [0.2, 0.25) is 17.7 Å². The molecule has 1 aromatic heterocycles. The van der Waals surface area contributed by atoms with Gasteiger partial charge in [-0.1, -0.05) is 48.0 Å². The van der Waals surface area contributed by atoms with Crippen LogP contribution in [0.3, 0.4) is 0 Å². The number of carbonyl (C=O) groups excluding carboxylic acids is 1. The highest BCUT2D eigenvalue weighted by atomic mass is 16.4. The van der Waals surface area contributed by atoms with Crippen molar-refractivity contribution in [1.82, 2.24) is 15.5 Å². The van der Waals surface area contributed by atoms with Crippen LogP contribution in [0.1, 0.15) is 29.9 Å². The third kappa shape index (κ3) is 5.01. The Hall–Kier alpha value is -2.95. The van der Waals surface area contributed by atoms with Crippen molar-refractivity contribution in [3.63, 3.8) is 0 Å². The maximum atomic E-state index is 11.9. The number of aromatic nitrogens is 2. The van der Waals surface area contributed by atoms with Crippen LogP contribution in [0.25, 0.3) is 11.5 Å². The van der Waals surface area contributed by atoms with Crippen LogP contribution < -0.4 is 5.32 Å². The minimum absolute atomic E-state index is 0.0309. The van der Waals surface area contributed by atoms with Gasteiger partial charge in [-0.25, -0.2) is 0 Å². The van der Waals surface area contributed by atoms with Crippen molar-refractivity contribution >= 4 is 5.91 Å². The molecule has 3 rings (SSSR count). The van der Waals surface area contributed by atoms with E-state index in [1.807, 2.05) is 61.5 Å². The average molecular weight is 335 g/mol. The molecule has 0 fully saturated rings. The molecule has 0 saturated carbocycles. The fourth-order valence-electron chi connectivity index (χ4n) is 2.45. The Morgan fingerprint density at radius 1 is 1.04 bits per heavy atom. The smallest absolute Gasteiger partial charge is 0.247 e. The van der Waals surface area contributed by atoms with Crippen molar-refractivity contribution in [1.29, 1.82) is 0 Å². The number of amides is 1. The molecule has 1 N–H and O–H groups in total. The third-order valence-corrected chi connectivity index (χ3v) is 3.89. The van der Waals surface area contributed by atoms with Crippen LogP contribution >= 0.6 is 0 Å². The predicted molar refractivity (Wildman–Crippen MR) is 95.7 cm³/mol. The molecule has 0 atom stereocenters. The molecular weight excluding hydrogens is 314 g/mol. The fourth-order valence-corrected chi connectivity index (χ4v) is 2.45. The Labute approximate surface area is 147 Å². The quantitative estimate of drug-likeness (QED) is 0.715. The lowest BCUT2D eigenvalue weighted by Crippen LogP contribution is -2.22. The van der Waals surface area contributed by atoms with Gasteiger partial charge in [-0.05, 0) is 31.0 Å². The zero-order valence-electron chi connectivity index (χ0n) is 14.2. The van der Waals surface area contributed by atoms with E-state index in [0.29, 0.717) is 37.6 Å². The van der Waals surface area contributed by atoms with Crippen LogP contribution in [0.4, 0.5) is 0 Å². The summed E-state index contributed by atoms with van der Waals surface area (Å²) in [7, 11) is 0. The molecule has 0 bridgehead atoms. The van der Waals surface area contributed by atoms with E-state index in [9.17, 15) is 4.79 Å². The van der Waals surface area contributed by atoms with Crippen LogP contribution in [-0.4, -0.2) is 16.1 Å². The van der Waals surface area contributed by atoms with Gasteiger partial charge in [0.05, 0.1) is 0 Å². The van der Waals surface area contributed by atoms with Gasteiger partial charge in [0.15, 0.2) is 0 Å². The van der Waals surface area contributed by atoms with Crippen LogP contribution in [0, 0.1) is 6.92 Å². The van der Waals surface area contributed by atoms with Gasteiger partial charge in [-0.15, -0.1) is 10.2 Å². The van der Waals surface area contributed by atoms with Crippen molar-refractivity contribution in [2.75, 3.05) is 0 Å². The number of nitrogens with zero attached hydrogens (tertiary/aromatic N) is 2. The molecule has 1 amide bonds.